The Morgan fingerprint density at radius 3 is 2.45 bits per heavy atom. The number of alkyl halides is 3. The van der Waals surface area contributed by atoms with E-state index in [4.69, 9.17) is 0 Å². The maximum atomic E-state index is 13.4. The van der Waals surface area contributed by atoms with Crippen molar-refractivity contribution in [2.24, 2.45) is 0 Å². The normalized spacial score (nSPS) is 14.1. The minimum Gasteiger partial charge on any atom is -0.440 e. The van der Waals surface area contributed by atoms with E-state index in [0.717, 1.165) is 11.0 Å². The quantitative estimate of drug-likeness (QED) is 0.621. The summed E-state index contributed by atoms with van der Waals surface area (Å²) >= 11 is 0. The molecule has 0 spiro atoms. The van der Waals surface area contributed by atoms with Crippen LogP contribution in [-0.4, -0.2) is 30.1 Å². The first-order valence-corrected chi connectivity index (χ1v) is 5.55. The molecule has 1 aliphatic rings. The van der Waals surface area contributed by atoms with E-state index in [2.05, 4.69) is 4.74 Å². The maximum Gasteiger partial charge on any atom is 0.422 e. The number of halogens is 4. The highest BCUT2D eigenvalue weighted by Crippen LogP contribution is 2.26. The minimum atomic E-state index is -4.60. The summed E-state index contributed by atoms with van der Waals surface area (Å²) in [4.78, 5) is 23.0. The van der Waals surface area contributed by atoms with Crippen LogP contribution in [0.25, 0.3) is 0 Å². The number of hydrogen-bond acceptors (Lipinski definition) is 3. The van der Waals surface area contributed by atoms with Gasteiger partial charge in [0.1, 0.15) is 5.82 Å². The molecule has 0 fully saturated rings. The Morgan fingerprint density at radius 2 is 1.90 bits per heavy atom. The molecule has 108 valence electrons. The van der Waals surface area contributed by atoms with Gasteiger partial charge in [-0.3, -0.25) is 9.69 Å². The summed E-state index contributed by atoms with van der Waals surface area (Å²) in [7, 11) is 0. The third kappa shape index (κ3) is 3.06. The second-order valence-corrected chi connectivity index (χ2v) is 4.29. The molecule has 0 N–H and O–H groups in total. The Kier molecular flexibility index (Phi) is 3.65. The number of amides is 1. The van der Waals surface area contributed by atoms with Gasteiger partial charge in [-0.25, -0.2) is 9.18 Å². The van der Waals surface area contributed by atoms with Crippen LogP contribution in [0.1, 0.15) is 21.5 Å². The molecule has 0 atom stereocenters. The summed E-state index contributed by atoms with van der Waals surface area (Å²) in [5.41, 5.74) is 0.795. The van der Waals surface area contributed by atoms with Gasteiger partial charge in [-0.1, -0.05) is 0 Å². The summed E-state index contributed by atoms with van der Waals surface area (Å²) in [6, 6.07) is 2.37. The van der Waals surface area contributed by atoms with E-state index < -0.39 is 24.7 Å². The van der Waals surface area contributed by atoms with Gasteiger partial charge in [-0.05, 0) is 23.3 Å². The summed E-state index contributed by atoms with van der Waals surface area (Å²) < 4.78 is 53.3. The molecule has 0 unspecified atom stereocenters. The van der Waals surface area contributed by atoms with Crippen molar-refractivity contribution in [3.05, 3.63) is 34.6 Å². The smallest absolute Gasteiger partial charge is 0.422 e. The lowest BCUT2D eigenvalue weighted by atomic mass is 10.1. The molecule has 1 heterocycles. The molecule has 0 aromatic heterocycles. The molecule has 0 radical (unpaired) electrons. The second-order valence-electron chi connectivity index (χ2n) is 4.29. The monoisotopic (exact) mass is 291 g/mol. The van der Waals surface area contributed by atoms with Crippen molar-refractivity contribution in [3.8, 4) is 0 Å². The fraction of sp³-hybridized carbons (Fsp3) is 0.333. The van der Waals surface area contributed by atoms with Crippen LogP contribution in [0, 0.1) is 5.82 Å². The molecule has 1 aromatic carbocycles. The van der Waals surface area contributed by atoms with Crippen molar-refractivity contribution in [2.45, 2.75) is 19.3 Å². The maximum absolute atomic E-state index is 13.4. The number of rotatable bonds is 2. The first kappa shape index (κ1) is 14.3. The first-order valence-electron chi connectivity index (χ1n) is 5.55. The summed E-state index contributed by atoms with van der Waals surface area (Å²) in [5, 5.41) is 0. The van der Waals surface area contributed by atoms with Crippen LogP contribution in [-0.2, 0) is 17.8 Å². The van der Waals surface area contributed by atoms with Crippen molar-refractivity contribution in [1.29, 1.82) is 0 Å². The van der Waals surface area contributed by atoms with E-state index in [9.17, 15) is 27.2 Å². The van der Waals surface area contributed by atoms with Crippen LogP contribution < -0.4 is 0 Å². The Morgan fingerprint density at radius 1 is 1.30 bits per heavy atom. The number of hydrogen-bond donors (Lipinski definition) is 0. The zero-order valence-electron chi connectivity index (χ0n) is 10.0. The minimum absolute atomic E-state index is 0.0207. The largest absolute Gasteiger partial charge is 0.440 e. The van der Waals surface area contributed by atoms with Crippen LogP contribution in [0.3, 0.4) is 0 Å². The summed E-state index contributed by atoms with van der Waals surface area (Å²) in [5.74, 6) is -0.732. The zero-order valence-corrected chi connectivity index (χ0v) is 10.0. The highest BCUT2D eigenvalue weighted by atomic mass is 19.4. The number of fused-ring (bicyclic) bond motifs is 1. The average molecular weight is 291 g/mol. The molecule has 1 amide bonds. The van der Waals surface area contributed by atoms with Crippen molar-refractivity contribution in [2.75, 3.05) is 6.61 Å². The average Bonchev–Trinajstić information content (AvgIpc) is 2.76. The van der Waals surface area contributed by atoms with Gasteiger partial charge in [0.15, 0.2) is 12.9 Å². The highest BCUT2D eigenvalue weighted by molar-refractivity contribution is 5.76. The van der Waals surface area contributed by atoms with Gasteiger partial charge in [0, 0.05) is 13.1 Å². The van der Waals surface area contributed by atoms with Gasteiger partial charge in [0.25, 0.3) is 0 Å². The van der Waals surface area contributed by atoms with Crippen LogP contribution in [0.5, 0.6) is 0 Å². The topological polar surface area (TPSA) is 46.6 Å². The van der Waals surface area contributed by atoms with E-state index >= 15 is 0 Å². The van der Waals surface area contributed by atoms with Crippen LogP contribution in [0.4, 0.5) is 22.4 Å². The summed E-state index contributed by atoms with van der Waals surface area (Å²) in [6.45, 7) is -1.75. The van der Waals surface area contributed by atoms with Crippen molar-refractivity contribution in [1.82, 2.24) is 4.90 Å². The van der Waals surface area contributed by atoms with Gasteiger partial charge in [-0.15, -0.1) is 0 Å². The van der Waals surface area contributed by atoms with Crippen molar-refractivity contribution >= 4 is 12.4 Å². The number of carbonyl (C=O) groups is 2. The van der Waals surface area contributed by atoms with E-state index in [1.807, 2.05) is 0 Å². The first-order chi connectivity index (χ1) is 9.30. The molecule has 8 heteroatoms. The van der Waals surface area contributed by atoms with Crippen LogP contribution >= 0.6 is 0 Å². The van der Waals surface area contributed by atoms with E-state index in [0.29, 0.717) is 17.4 Å². The zero-order chi connectivity index (χ0) is 14.9. The SMILES string of the molecule is O=Cc1cc2c(cc1F)CN(C(=O)OCC(F)(F)F)C2. The molecule has 2 rings (SSSR count). The lowest BCUT2D eigenvalue weighted by Gasteiger charge is -2.16. The number of ether oxygens (including phenoxy) is 1. The van der Waals surface area contributed by atoms with E-state index in [-0.39, 0.29) is 18.7 Å². The Balaban J connectivity index is 2.06. The van der Waals surface area contributed by atoms with Crippen LogP contribution in [0.2, 0.25) is 0 Å². The molecule has 20 heavy (non-hydrogen) atoms. The van der Waals surface area contributed by atoms with Gasteiger partial charge in [0.05, 0.1) is 5.56 Å². The highest BCUT2D eigenvalue weighted by Gasteiger charge is 2.32. The second kappa shape index (κ2) is 5.10. The molecule has 0 bridgehead atoms. The molecule has 4 nitrogen and oxygen atoms in total. The van der Waals surface area contributed by atoms with Crippen LogP contribution in [0.15, 0.2) is 12.1 Å². The van der Waals surface area contributed by atoms with Gasteiger partial charge in [-0.2, -0.15) is 13.2 Å². The molecule has 0 saturated heterocycles. The predicted molar refractivity (Wildman–Crippen MR) is 58.4 cm³/mol. The lowest BCUT2D eigenvalue weighted by molar-refractivity contribution is -0.162. The number of aldehydes is 1. The standard InChI is InChI=1S/C12H9F4NO3/c13-10-2-8-4-17(3-7(8)1-9(10)5-18)11(19)20-6-12(14,15)16/h1-2,5H,3-4,6H2. The summed E-state index contributed by atoms with van der Waals surface area (Å²) in [6.07, 6.45) is -5.40. The third-order valence-corrected chi connectivity index (χ3v) is 2.79. The Bertz CT molecular complexity index is 556. The fourth-order valence-corrected chi connectivity index (χ4v) is 1.89. The molecule has 0 saturated carbocycles. The van der Waals surface area contributed by atoms with Gasteiger partial charge < -0.3 is 4.74 Å². The predicted octanol–water partition coefficient (Wildman–Crippen LogP) is 2.65. The number of nitrogens with zero attached hydrogens (tertiary/aromatic N) is 1. The molecule has 0 aliphatic carbocycles. The lowest BCUT2D eigenvalue weighted by Crippen LogP contribution is -2.30. The third-order valence-electron chi connectivity index (χ3n) is 2.79. The molecule has 1 aromatic rings. The van der Waals surface area contributed by atoms with Gasteiger partial charge in [0.2, 0.25) is 0 Å². The van der Waals surface area contributed by atoms with E-state index in [1.54, 1.807) is 0 Å². The number of benzene rings is 1. The van der Waals surface area contributed by atoms with Crippen molar-refractivity contribution in [3.63, 3.8) is 0 Å². The molecular formula is C12H9F4NO3. The Labute approximate surface area is 110 Å². The fourth-order valence-electron chi connectivity index (χ4n) is 1.89. The Hall–Kier alpha value is -2.12. The molecule has 1 aliphatic heterocycles. The molecular weight excluding hydrogens is 282 g/mol. The van der Waals surface area contributed by atoms with Gasteiger partial charge >= 0.3 is 12.3 Å². The van der Waals surface area contributed by atoms with Crippen molar-refractivity contribution < 1.29 is 31.9 Å². The van der Waals surface area contributed by atoms with E-state index in [1.165, 1.54) is 6.07 Å². The number of carbonyl (C=O) groups excluding carboxylic acids is 2.